The summed E-state index contributed by atoms with van der Waals surface area (Å²) in [5.74, 6) is -0.610. The first-order valence-corrected chi connectivity index (χ1v) is 7.85. The molecule has 6 nitrogen and oxygen atoms in total. The molecule has 0 aromatic heterocycles. The molecule has 0 radical (unpaired) electrons. The quantitative estimate of drug-likeness (QED) is 0.363. The van der Waals surface area contributed by atoms with Gasteiger partial charge in [0, 0.05) is 12.1 Å². The molecule has 1 aromatic rings. The van der Waals surface area contributed by atoms with Crippen molar-refractivity contribution in [3.05, 3.63) is 46.5 Å². The van der Waals surface area contributed by atoms with E-state index >= 15 is 0 Å². The van der Waals surface area contributed by atoms with E-state index in [1.807, 2.05) is 0 Å². The molecule has 0 unspecified atom stereocenters. The molecule has 1 saturated heterocycles. The zero-order valence-corrected chi connectivity index (χ0v) is 12.2. The Bertz CT molecular complexity index is 777. The summed E-state index contributed by atoms with van der Waals surface area (Å²) < 4.78 is 0. The number of allylic oxidation sites excluding steroid dienone is 2. The van der Waals surface area contributed by atoms with E-state index in [1.165, 1.54) is 23.1 Å². The van der Waals surface area contributed by atoms with Gasteiger partial charge in [-0.15, -0.1) is 0 Å². The van der Waals surface area contributed by atoms with Crippen LogP contribution in [-0.4, -0.2) is 16.7 Å². The fourth-order valence-corrected chi connectivity index (χ4v) is 5.08. The van der Waals surface area contributed by atoms with Gasteiger partial charge in [-0.25, -0.2) is 4.90 Å². The third-order valence-electron chi connectivity index (χ3n) is 6.15. The highest BCUT2D eigenvalue weighted by Crippen LogP contribution is 2.73. The van der Waals surface area contributed by atoms with E-state index in [4.69, 9.17) is 0 Å². The monoisotopic (exact) mass is 310 g/mol. The lowest BCUT2D eigenvalue weighted by Crippen LogP contribution is -2.34. The van der Waals surface area contributed by atoms with E-state index in [0.29, 0.717) is 5.69 Å². The van der Waals surface area contributed by atoms with Crippen LogP contribution in [0.2, 0.25) is 0 Å². The van der Waals surface area contributed by atoms with Crippen LogP contribution < -0.4 is 4.90 Å². The number of fused-ring (bicyclic) bond motifs is 3. The number of rotatable bonds is 2. The summed E-state index contributed by atoms with van der Waals surface area (Å²) in [6, 6.07) is 5.77. The minimum atomic E-state index is -0.514. The van der Waals surface area contributed by atoms with Crippen LogP contribution in [0.25, 0.3) is 0 Å². The van der Waals surface area contributed by atoms with Gasteiger partial charge in [-0.05, 0) is 36.2 Å². The summed E-state index contributed by atoms with van der Waals surface area (Å²) in [5.41, 5.74) is 0.364. The number of amides is 2. The van der Waals surface area contributed by atoms with Gasteiger partial charge in [-0.1, -0.05) is 18.2 Å². The second-order valence-electron chi connectivity index (χ2n) is 7.01. The zero-order chi connectivity index (χ0) is 15.9. The molecule has 1 heterocycles. The molecule has 3 aliphatic carbocycles. The van der Waals surface area contributed by atoms with Crippen LogP contribution >= 0.6 is 0 Å². The molecule has 1 spiro atoms. The summed E-state index contributed by atoms with van der Waals surface area (Å²) in [5, 5.41) is 10.9. The molecule has 4 aliphatic rings. The smallest absolute Gasteiger partial charge is 0.271 e. The van der Waals surface area contributed by atoms with Crippen molar-refractivity contribution >= 4 is 23.2 Å². The first-order chi connectivity index (χ1) is 11.0. The number of hydrogen-bond donors (Lipinski definition) is 0. The standard InChI is InChI=1S/C17H14N2O4/c20-15-13-11-4-5-12(17(11)6-7-17)14(13)16(21)18(15)9-2-1-3-10(8-9)19(22)23/h1-5,8,11-14H,6-7H2/t11-,12-,13-,14-/m1/s1. The molecule has 3 fully saturated rings. The Morgan fingerprint density at radius 2 is 1.70 bits per heavy atom. The van der Waals surface area contributed by atoms with Gasteiger partial charge in [0.2, 0.25) is 11.8 Å². The number of nitro benzene ring substituents is 1. The van der Waals surface area contributed by atoms with Crippen LogP contribution in [0.4, 0.5) is 11.4 Å². The molecular weight excluding hydrogens is 296 g/mol. The first kappa shape index (κ1) is 13.0. The Morgan fingerprint density at radius 1 is 1.09 bits per heavy atom. The van der Waals surface area contributed by atoms with Crippen molar-refractivity contribution in [2.45, 2.75) is 12.8 Å². The second kappa shape index (κ2) is 3.88. The Balaban J connectivity index is 1.56. The Labute approximate surface area is 131 Å². The number of anilines is 1. The summed E-state index contributed by atoms with van der Waals surface area (Å²) in [6.45, 7) is 0. The molecule has 0 N–H and O–H groups in total. The van der Waals surface area contributed by atoms with Crippen molar-refractivity contribution in [2.24, 2.45) is 29.1 Å². The highest BCUT2D eigenvalue weighted by molar-refractivity contribution is 6.23. The number of hydrogen-bond acceptors (Lipinski definition) is 4. The van der Waals surface area contributed by atoms with Gasteiger partial charge < -0.3 is 0 Å². The van der Waals surface area contributed by atoms with E-state index in [1.54, 1.807) is 6.07 Å². The largest absolute Gasteiger partial charge is 0.274 e. The summed E-state index contributed by atoms with van der Waals surface area (Å²) >= 11 is 0. The molecule has 5 rings (SSSR count). The number of benzene rings is 1. The second-order valence-corrected chi connectivity index (χ2v) is 7.01. The molecule has 1 aliphatic heterocycles. The van der Waals surface area contributed by atoms with Crippen LogP contribution in [0, 0.1) is 39.2 Å². The van der Waals surface area contributed by atoms with Crippen LogP contribution in [0.5, 0.6) is 0 Å². The third-order valence-corrected chi connectivity index (χ3v) is 6.15. The fourth-order valence-electron chi connectivity index (χ4n) is 5.08. The molecule has 2 saturated carbocycles. The van der Waals surface area contributed by atoms with Crippen LogP contribution in [0.15, 0.2) is 36.4 Å². The molecule has 4 atom stereocenters. The van der Waals surface area contributed by atoms with E-state index in [9.17, 15) is 19.7 Å². The lowest BCUT2D eigenvalue weighted by atomic mass is 9.85. The molecule has 116 valence electrons. The molecular formula is C17H14N2O4. The van der Waals surface area contributed by atoms with Gasteiger partial charge in [0.1, 0.15) is 0 Å². The van der Waals surface area contributed by atoms with Crippen molar-refractivity contribution < 1.29 is 14.5 Å². The summed E-state index contributed by atoms with van der Waals surface area (Å²) in [4.78, 5) is 37.4. The summed E-state index contributed by atoms with van der Waals surface area (Å²) in [7, 11) is 0. The maximum absolute atomic E-state index is 12.9. The maximum atomic E-state index is 12.9. The molecule has 1 aromatic carbocycles. The van der Waals surface area contributed by atoms with E-state index in [2.05, 4.69) is 12.2 Å². The average molecular weight is 310 g/mol. The lowest BCUT2D eigenvalue weighted by molar-refractivity contribution is -0.384. The molecule has 23 heavy (non-hydrogen) atoms. The zero-order valence-electron chi connectivity index (χ0n) is 12.2. The van der Waals surface area contributed by atoms with Gasteiger partial charge in [-0.3, -0.25) is 19.7 Å². The van der Waals surface area contributed by atoms with Crippen molar-refractivity contribution in [1.82, 2.24) is 0 Å². The molecule has 6 heteroatoms. The Kier molecular flexibility index (Phi) is 2.19. The van der Waals surface area contributed by atoms with Crippen molar-refractivity contribution in [3.8, 4) is 0 Å². The predicted octanol–water partition coefficient (Wildman–Crippen LogP) is 2.30. The summed E-state index contributed by atoms with van der Waals surface area (Å²) in [6.07, 6.45) is 6.42. The number of imide groups is 1. The average Bonchev–Trinajstić information content (AvgIpc) is 3.13. The minimum Gasteiger partial charge on any atom is -0.274 e. The number of nitro groups is 1. The lowest BCUT2D eigenvalue weighted by Gasteiger charge is -2.21. The first-order valence-electron chi connectivity index (χ1n) is 7.85. The van der Waals surface area contributed by atoms with Gasteiger partial charge in [0.15, 0.2) is 0 Å². The minimum absolute atomic E-state index is 0.111. The van der Waals surface area contributed by atoms with Crippen molar-refractivity contribution in [1.29, 1.82) is 0 Å². The highest BCUT2D eigenvalue weighted by atomic mass is 16.6. The van der Waals surface area contributed by atoms with Gasteiger partial charge in [0.25, 0.3) is 5.69 Å². The number of non-ortho nitro benzene ring substituents is 1. The van der Waals surface area contributed by atoms with Crippen molar-refractivity contribution in [3.63, 3.8) is 0 Å². The fraction of sp³-hybridized carbons (Fsp3) is 0.412. The number of carbonyl (C=O) groups excluding carboxylic acids is 2. The van der Waals surface area contributed by atoms with E-state index in [-0.39, 0.29) is 46.6 Å². The van der Waals surface area contributed by atoms with Gasteiger partial charge in [-0.2, -0.15) is 0 Å². The highest BCUT2D eigenvalue weighted by Gasteiger charge is 2.73. The Hall–Kier alpha value is -2.50. The topological polar surface area (TPSA) is 80.5 Å². The van der Waals surface area contributed by atoms with Crippen LogP contribution in [0.1, 0.15) is 12.8 Å². The van der Waals surface area contributed by atoms with E-state index in [0.717, 1.165) is 12.8 Å². The maximum Gasteiger partial charge on any atom is 0.271 e. The molecule has 2 bridgehead atoms. The number of carbonyl (C=O) groups is 2. The van der Waals surface area contributed by atoms with Gasteiger partial charge >= 0.3 is 0 Å². The Morgan fingerprint density at radius 3 is 2.22 bits per heavy atom. The van der Waals surface area contributed by atoms with Crippen molar-refractivity contribution in [2.75, 3.05) is 4.90 Å². The third kappa shape index (κ3) is 1.39. The van der Waals surface area contributed by atoms with Crippen LogP contribution in [0.3, 0.4) is 0 Å². The SMILES string of the molecule is O=C1[C@H]2[C@H](C(=O)N1c1cccc([N+](=O)[O-])c1)[C@H]1C=C[C@H]2C12CC2. The van der Waals surface area contributed by atoms with Crippen LogP contribution in [-0.2, 0) is 9.59 Å². The normalized spacial score (nSPS) is 35.2. The van der Waals surface area contributed by atoms with Gasteiger partial charge in [0.05, 0.1) is 22.4 Å². The number of nitrogens with zero attached hydrogens (tertiary/aromatic N) is 2. The van der Waals surface area contributed by atoms with E-state index < -0.39 is 4.92 Å². The molecule has 2 amide bonds. The predicted molar refractivity (Wildman–Crippen MR) is 80.4 cm³/mol.